The molecular weight excluding hydrogens is 400 g/mol. The van der Waals surface area contributed by atoms with Crippen molar-refractivity contribution < 1.29 is 9.59 Å². The number of aromatic nitrogens is 4. The second-order valence-electron chi connectivity index (χ2n) is 7.39. The van der Waals surface area contributed by atoms with E-state index in [2.05, 4.69) is 20.5 Å². The van der Waals surface area contributed by atoms with Crippen LogP contribution in [0.4, 0.5) is 0 Å². The van der Waals surface area contributed by atoms with Crippen LogP contribution in [0.25, 0.3) is 0 Å². The van der Waals surface area contributed by atoms with Crippen LogP contribution in [-0.2, 0) is 26.9 Å². The second kappa shape index (κ2) is 7.57. The van der Waals surface area contributed by atoms with Gasteiger partial charge in [-0.15, -0.1) is 0 Å². The lowest BCUT2D eigenvalue weighted by molar-refractivity contribution is 0.0732. The third kappa shape index (κ3) is 3.18. The molecular formula is C19H20N10O2. The Balaban J connectivity index is 1.64. The molecule has 0 spiro atoms. The zero-order valence-corrected chi connectivity index (χ0v) is 17.4. The number of carbonyl (C=O) groups is 2. The van der Waals surface area contributed by atoms with E-state index in [1.165, 1.54) is 14.3 Å². The van der Waals surface area contributed by atoms with Gasteiger partial charge in [0.1, 0.15) is 29.8 Å². The standard InChI is InChI=1S/C19H20N10O2/c1-26-6-4-12-14(25-28(3)16(12)18(26)30)17(22-9-21)23-10-29-7-5-11-13(8-20)24-27(2)15(11)19(29)31/h4-7,10H2,1-3H3,(H,22,23). The Morgan fingerprint density at radius 3 is 2.42 bits per heavy atom. The summed E-state index contributed by atoms with van der Waals surface area (Å²) in [6, 6.07) is 2.02. The molecule has 2 aromatic rings. The molecule has 4 heterocycles. The molecule has 0 fully saturated rings. The molecule has 31 heavy (non-hydrogen) atoms. The number of amidine groups is 1. The van der Waals surface area contributed by atoms with Crippen LogP contribution in [0.2, 0.25) is 0 Å². The quantitative estimate of drug-likeness (QED) is 0.293. The molecule has 4 rings (SSSR count). The number of hydrogen-bond donors (Lipinski definition) is 1. The normalized spacial score (nSPS) is 16.0. The largest absolute Gasteiger partial charge is 0.340 e. The van der Waals surface area contributed by atoms with E-state index in [9.17, 15) is 20.1 Å². The van der Waals surface area contributed by atoms with Gasteiger partial charge in [0.15, 0.2) is 17.7 Å². The minimum absolute atomic E-state index is 0.00541. The predicted octanol–water partition coefficient (Wildman–Crippen LogP) is -0.873. The maximum atomic E-state index is 12.9. The highest BCUT2D eigenvalue weighted by molar-refractivity contribution is 6.04. The number of likely N-dealkylation sites (N-methyl/N-ethyl adjacent to an activating group) is 1. The third-order valence-electron chi connectivity index (χ3n) is 5.56. The van der Waals surface area contributed by atoms with Crippen molar-refractivity contribution in [3.8, 4) is 12.3 Å². The smallest absolute Gasteiger partial charge is 0.273 e. The van der Waals surface area contributed by atoms with Crippen molar-refractivity contribution in [3.05, 3.63) is 33.9 Å². The van der Waals surface area contributed by atoms with Crippen molar-refractivity contribution in [3.63, 3.8) is 0 Å². The molecule has 0 bridgehead atoms. The number of rotatable bonds is 3. The molecule has 0 aliphatic carbocycles. The minimum atomic E-state index is -0.280. The summed E-state index contributed by atoms with van der Waals surface area (Å²) >= 11 is 0. The Kier molecular flexibility index (Phi) is 4.91. The molecule has 0 unspecified atom stereocenters. The van der Waals surface area contributed by atoms with E-state index in [4.69, 9.17) is 0 Å². The number of carbonyl (C=O) groups excluding carboxylic acids is 2. The van der Waals surface area contributed by atoms with E-state index >= 15 is 0 Å². The first-order chi connectivity index (χ1) is 14.9. The van der Waals surface area contributed by atoms with Crippen LogP contribution in [0, 0.1) is 22.8 Å². The SMILES string of the molecule is CN1CCc2c(C(=NCN3CCc4c(C#N)nn(C)c4C3=O)NC#N)nn(C)c2C1=O. The summed E-state index contributed by atoms with van der Waals surface area (Å²) in [5, 5.41) is 29.5. The highest BCUT2D eigenvalue weighted by Crippen LogP contribution is 2.23. The molecule has 1 N–H and O–H groups in total. The van der Waals surface area contributed by atoms with Crippen LogP contribution in [0.3, 0.4) is 0 Å². The molecule has 12 heteroatoms. The van der Waals surface area contributed by atoms with Gasteiger partial charge in [0.2, 0.25) is 0 Å². The molecule has 12 nitrogen and oxygen atoms in total. The van der Waals surface area contributed by atoms with Crippen LogP contribution >= 0.6 is 0 Å². The summed E-state index contributed by atoms with van der Waals surface area (Å²) in [6.45, 7) is 0.910. The fourth-order valence-electron chi connectivity index (χ4n) is 4.00. The van der Waals surface area contributed by atoms with E-state index in [1.807, 2.05) is 12.3 Å². The predicted molar refractivity (Wildman–Crippen MR) is 107 cm³/mol. The van der Waals surface area contributed by atoms with Gasteiger partial charge >= 0.3 is 0 Å². The van der Waals surface area contributed by atoms with Crippen molar-refractivity contribution in [2.45, 2.75) is 12.8 Å². The van der Waals surface area contributed by atoms with Gasteiger partial charge in [0, 0.05) is 45.4 Å². The van der Waals surface area contributed by atoms with Gasteiger partial charge in [-0.05, 0) is 12.8 Å². The van der Waals surface area contributed by atoms with Crippen LogP contribution in [0.15, 0.2) is 4.99 Å². The van der Waals surface area contributed by atoms with Gasteiger partial charge in [0.25, 0.3) is 11.8 Å². The van der Waals surface area contributed by atoms with Crippen molar-refractivity contribution >= 4 is 17.6 Å². The van der Waals surface area contributed by atoms with Gasteiger partial charge in [-0.25, -0.2) is 4.99 Å². The maximum absolute atomic E-state index is 12.9. The topological polar surface area (TPSA) is 148 Å². The zero-order chi connectivity index (χ0) is 22.3. The van der Waals surface area contributed by atoms with E-state index in [0.717, 1.165) is 5.56 Å². The molecule has 0 atom stereocenters. The first-order valence-electron chi connectivity index (χ1n) is 9.63. The van der Waals surface area contributed by atoms with Gasteiger partial charge in [-0.1, -0.05) is 0 Å². The van der Waals surface area contributed by atoms with Gasteiger partial charge < -0.3 is 9.80 Å². The molecule has 2 aliphatic heterocycles. The minimum Gasteiger partial charge on any atom is -0.340 e. The Labute approximate surface area is 178 Å². The average molecular weight is 420 g/mol. The van der Waals surface area contributed by atoms with E-state index < -0.39 is 0 Å². The number of hydrogen-bond acceptors (Lipinski definition) is 7. The number of amides is 2. The molecule has 0 saturated carbocycles. The maximum Gasteiger partial charge on any atom is 0.273 e. The second-order valence-corrected chi connectivity index (χ2v) is 7.39. The first-order valence-corrected chi connectivity index (χ1v) is 9.63. The Hall–Kier alpha value is -4.19. The Morgan fingerprint density at radius 1 is 1.03 bits per heavy atom. The average Bonchev–Trinajstić information content (AvgIpc) is 3.26. The zero-order valence-electron chi connectivity index (χ0n) is 17.4. The summed E-state index contributed by atoms with van der Waals surface area (Å²) in [6.07, 6.45) is 2.94. The summed E-state index contributed by atoms with van der Waals surface area (Å²) in [5.41, 5.74) is 2.90. The number of nitriles is 2. The fraction of sp³-hybridized carbons (Fsp3) is 0.421. The number of fused-ring (bicyclic) bond motifs is 2. The fourth-order valence-corrected chi connectivity index (χ4v) is 4.00. The molecule has 158 valence electrons. The third-order valence-corrected chi connectivity index (χ3v) is 5.56. The summed E-state index contributed by atoms with van der Waals surface area (Å²) in [5.74, 6) is -0.210. The van der Waals surface area contributed by atoms with E-state index in [-0.39, 0.29) is 30.0 Å². The number of aryl methyl sites for hydroxylation is 2. The summed E-state index contributed by atoms with van der Waals surface area (Å²) in [7, 11) is 5.03. The molecule has 0 saturated heterocycles. The van der Waals surface area contributed by atoms with Crippen LogP contribution in [0.1, 0.15) is 43.5 Å². The molecule has 0 aromatic carbocycles. The van der Waals surface area contributed by atoms with Crippen molar-refractivity contribution in [1.29, 1.82) is 10.5 Å². The lowest BCUT2D eigenvalue weighted by atomic mass is 10.0. The van der Waals surface area contributed by atoms with Crippen LogP contribution in [0.5, 0.6) is 0 Å². The van der Waals surface area contributed by atoms with E-state index in [1.54, 1.807) is 26.0 Å². The monoisotopic (exact) mass is 420 g/mol. The lowest BCUT2D eigenvalue weighted by Crippen LogP contribution is -2.39. The highest BCUT2D eigenvalue weighted by atomic mass is 16.2. The van der Waals surface area contributed by atoms with Crippen molar-refractivity contribution in [2.75, 3.05) is 26.8 Å². The van der Waals surface area contributed by atoms with Crippen LogP contribution in [-0.4, -0.2) is 73.8 Å². The van der Waals surface area contributed by atoms with Crippen LogP contribution < -0.4 is 5.32 Å². The van der Waals surface area contributed by atoms with Gasteiger partial charge in [-0.3, -0.25) is 24.3 Å². The number of nitrogens with one attached hydrogen (secondary N) is 1. The molecule has 2 aromatic heterocycles. The first kappa shape index (κ1) is 20.1. The molecule has 2 aliphatic rings. The van der Waals surface area contributed by atoms with Gasteiger partial charge in [-0.2, -0.15) is 20.7 Å². The Morgan fingerprint density at radius 2 is 1.71 bits per heavy atom. The number of nitrogens with zero attached hydrogens (tertiary/aromatic N) is 9. The number of aliphatic imine (C=N–C) groups is 1. The van der Waals surface area contributed by atoms with Crippen molar-refractivity contribution in [1.82, 2.24) is 34.7 Å². The Bertz CT molecular complexity index is 1210. The van der Waals surface area contributed by atoms with Gasteiger partial charge in [0.05, 0.1) is 0 Å². The van der Waals surface area contributed by atoms with E-state index in [0.29, 0.717) is 48.6 Å². The van der Waals surface area contributed by atoms with Crippen molar-refractivity contribution in [2.24, 2.45) is 19.1 Å². The summed E-state index contributed by atoms with van der Waals surface area (Å²) in [4.78, 5) is 33.0. The lowest BCUT2D eigenvalue weighted by Gasteiger charge is -2.25. The summed E-state index contributed by atoms with van der Waals surface area (Å²) < 4.78 is 2.91. The molecule has 2 amide bonds. The molecule has 0 radical (unpaired) electrons. The highest BCUT2D eigenvalue weighted by Gasteiger charge is 2.32.